The average Bonchev–Trinajstić information content (AvgIpc) is 3.09. The SMILES string of the molecule is O=C(O)CCC(=O)Nc1ccc2[nH]cc([C@@H](C(=O)O)N3CCC(C(=O)O)CC3)c2c1. The predicted octanol–water partition coefficient (Wildman–Crippen LogP) is 1.89. The summed E-state index contributed by atoms with van der Waals surface area (Å²) in [6.07, 6.45) is 1.93. The van der Waals surface area contributed by atoms with Crippen molar-refractivity contribution >= 4 is 40.4 Å². The number of hydrogen-bond acceptors (Lipinski definition) is 5. The second-order valence-corrected chi connectivity index (χ2v) is 7.34. The smallest absolute Gasteiger partial charge is 0.325 e. The fourth-order valence-corrected chi connectivity index (χ4v) is 3.78. The monoisotopic (exact) mass is 417 g/mol. The zero-order valence-electron chi connectivity index (χ0n) is 16.1. The Labute approximate surface area is 171 Å². The maximum absolute atomic E-state index is 12.1. The number of H-pyrrole nitrogens is 1. The Balaban J connectivity index is 1.83. The van der Waals surface area contributed by atoms with Gasteiger partial charge in [-0.05, 0) is 31.0 Å². The molecule has 1 fully saturated rings. The van der Waals surface area contributed by atoms with E-state index in [2.05, 4.69) is 10.3 Å². The van der Waals surface area contributed by atoms with E-state index in [9.17, 15) is 24.3 Å². The molecule has 1 aromatic heterocycles. The Morgan fingerprint density at radius 2 is 1.80 bits per heavy atom. The van der Waals surface area contributed by atoms with Gasteiger partial charge in [0, 0.05) is 47.9 Å². The standard InChI is InChI=1S/C20H23N3O7/c24-16(3-4-17(25)26)22-12-1-2-15-13(9-12)14(10-21-15)18(20(29)30)23-7-5-11(6-8-23)19(27)28/h1-2,9-11,18,21H,3-8H2,(H,22,24)(H,25,26)(H,27,28)(H,29,30)/t18-/m0/s1. The van der Waals surface area contributed by atoms with Gasteiger partial charge in [0.1, 0.15) is 6.04 Å². The van der Waals surface area contributed by atoms with Crippen molar-refractivity contribution in [2.45, 2.75) is 31.7 Å². The van der Waals surface area contributed by atoms with Gasteiger partial charge in [0.25, 0.3) is 0 Å². The lowest BCUT2D eigenvalue weighted by Gasteiger charge is -2.34. The van der Waals surface area contributed by atoms with Gasteiger partial charge in [-0.2, -0.15) is 0 Å². The molecule has 1 amide bonds. The van der Waals surface area contributed by atoms with Crippen molar-refractivity contribution in [3.05, 3.63) is 30.0 Å². The highest BCUT2D eigenvalue weighted by Gasteiger charge is 2.34. The molecule has 5 N–H and O–H groups in total. The summed E-state index contributed by atoms with van der Waals surface area (Å²) in [5, 5.41) is 31.0. The number of aromatic amines is 1. The van der Waals surface area contributed by atoms with Crippen molar-refractivity contribution in [2.75, 3.05) is 18.4 Å². The molecule has 10 nitrogen and oxygen atoms in total. The topological polar surface area (TPSA) is 160 Å². The molecule has 1 aromatic carbocycles. The summed E-state index contributed by atoms with van der Waals surface area (Å²) >= 11 is 0. The molecule has 2 aromatic rings. The molecule has 0 radical (unpaired) electrons. The van der Waals surface area contributed by atoms with E-state index in [0.29, 0.717) is 48.1 Å². The molecule has 1 atom stereocenters. The summed E-state index contributed by atoms with van der Waals surface area (Å²) in [5.74, 6) is -3.88. The number of hydrogen-bond donors (Lipinski definition) is 5. The highest BCUT2D eigenvalue weighted by molar-refractivity contribution is 5.96. The van der Waals surface area contributed by atoms with Gasteiger partial charge in [0.05, 0.1) is 12.3 Å². The molecule has 160 valence electrons. The number of carboxylic acid groups (broad SMARTS) is 3. The van der Waals surface area contributed by atoms with Crippen LogP contribution in [-0.4, -0.2) is 62.1 Å². The first-order valence-electron chi connectivity index (χ1n) is 9.58. The summed E-state index contributed by atoms with van der Waals surface area (Å²) in [4.78, 5) is 50.6. The molecule has 0 aliphatic carbocycles. The Kier molecular flexibility index (Phi) is 6.36. The van der Waals surface area contributed by atoms with Crippen molar-refractivity contribution < 1.29 is 34.5 Å². The van der Waals surface area contributed by atoms with E-state index in [1.54, 1.807) is 29.3 Å². The number of aromatic nitrogens is 1. The molecule has 0 bridgehead atoms. The van der Waals surface area contributed by atoms with Crippen LogP contribution in [0.3, 0.4) is 0 Å². The highest BCUT2D eigenvalue weighted by Crippen LogP contribution is 2.33. The molecule has 0 unspecified atom stereocenters. The van der Waals surface area contributed by atoms with Crippen LogP contribution >= 0.6 is 0 Å². The van der Waals surface area contributed by atoms with Crippen LogP contribution in [0.25, 0.3) is 10.9 Å². The maximum atomic E-state index is 12.1. The Bertz CT molecular complexity index is 976. The zero-order valence-corrected chi connectivity index (χ0v) is 16.1. The van der Waals surface area contributed by atoms with Crippen LogP contribution < -0.4 is 5.32 Å². The Morgan fingerprint density at radius 3 is 2.40 bits per heavy atom. The number of anilines is 1. The lowest BCUT2D eigenvalue weighted by molar-refractivity contribution is -0.146. The first-order chi connectivity index (χ1) is 14.3. The number of carboxylic acids is 3. The lowest BCUT2D eigenvalue weighted by Crippen LogP contribution is -2.41. The van der Waals surface area contributed by atoms with Crippen molar-refractivity contribution in [3.8, 4) is 0 Å². The van der Waals surface area contributed by atoms with Crippen molar-refractivity contribution in [3.63, 3.8) is 0 Å². The van der Waals surface area contributed by atoms with E-state index in [0.717, 1.165) is 0 Å². The van der Waals surface area contributed by atoms with E-state index < -0.39 is 35.8 Å². The minimum absolute atomic E-state index is 0.163. The van der Waals surface area contributed by atoms with E-state index >= 15 is 0 Å². The van der Waals surface area contributed by atoms with Gasteiger partial charge in [-0.25, -0.2) is 0 Å². The number of amides is 1. The number of aliphatic carboxylic acids is 3. The molecule has 0 saturated carbocycles. The van der Waals surface area contributed by atoms with Gasteiger partial charge in [0.15, 0.2) is 0 Å². The number of nitrogens with one attached hydrogen (secondary N) is 2. The van der Waals surface area contributed by atoms with E-state index in [4.69, 9.17) is 10.2 Å². The fraction of sp³-hybridized carbons (Fsp3) is 0.400. The van der Waals surface area contributed by atoms with E-state index in [1.807, 2.05) is 0 Å². The van der Waals surface area contributed by atoms with Gasteiger partial charge in [-0.3, -0.25) is 24.1 Å². The number of nitrogens with zero attached hydrogens (tertiary/aromatic N) is 1. The van der Waals surface area contributed by atoms with E-state index in [-0.39, 0.29) is 12.8 Å². The van der Waals surface area contributed by atoms with Gasteiger partial charge in [-0.1, -0.05) is 0 Å². The largest absolute Gasteiger partial charge is 0.481 e. The Hall–Kier alpha value is -3.40. The second-order valence-electron chi connectivity index (χ2n) is 7.34. The minimum atomic E-state index is -1.07. The summed E-state index contributed by atoms with van der Waals surface area (Å²) < 4.78 is 0. The third kappa shape index (κ3) is 4.77. The highest BCUT2D eigenvalue weighted by atomic mass is 16.4. The molecular formula is C20H23N3O7. The molecular weight excluding hydrogens is 394 g/mol. The summed E-state index contributed by atoms with van der Waals surface area (Å²) in [7, 11) is 0. The van der Waals surface area contributed by atoms with Crippen LogP contribution in [0.2, 0.25) is 0 Å². The van der Waals surface area contributed by atoms with Crippen LogP contribution in [0.15, 0.2) is 24.4 Å². The molecule has 1 aliphatic rings. The quantitative estimate of drug-likeness (QED) is 0.435. The number of carbonyl (C=O) groups is 4. The molecule has 1 aliphatic heterocycles. The fourth-order valence-electron chi connectivity index (χ4n) is 3.78. The number of carbonyl (C=O) groups excluding carboxylic acids is 1. The molecule has 2 heterocycles. The van der Waals surface area contributed by atoms with Crippen LogP contribution in [0.4, 0.5) is 5.69 Å². The van der Waals surface area contributed by atoms with Crippen LogP contribution in [0, 0.1) is 5.92 Å². The van der Waals surface area contributed by atoms with Crippen molar-refractivity contribution in [1.82, 2.24) is 9.88 Å². The number of benzene rings is 1. The minimum Gasteiger partial charge on any atom is -0.481 e. The molecule has 0 spiro atoms. The summed E-state index contributed by atoms with van der Waals surface area (Å²) in [6.45, 7) is 0.707. The maximum Gasteiger partial charge on any atom is 0.325 e. The summed E-state index contributed by atoms with van der Waals surface area (Å²) in [5.41, 5.74) is 1.65. The second kappa shape index (κ2) is 8.95. The average molecular weight is 417 g/mol. The first-order valence-corrected chi connectivity index (χ1v) is 9.58. The van der Waals surface area contributed by atoms with Gasteiger partial charge in [-0.15, -0.1) is 0 Å². The lowest BCUT2D eigenvalue weighted by atomic mass is 9.94. The molecule has 3 rings (SSSR count). The van der Waals surface area contributed by atoms with Crippen LogP contribution in [-0.2, 0) is 19.2 Å². The third-order valence-electron chi connectivity index (χ3n) is 5.34. The number of rotatable bonds is 8. The van der Waals surface area contributed by atoms with Crippen molar-refractivity contribution in [1.29, 1.82) is 0 Å². The molecule has 1 saturated heterocycles. The zero-order chi connectivity index (χ0) is 21.8. The summed E-state index contributed by atoms with van der Waals surface area (Å²) in [6, 6.07) is 4.06. The third-order valence-corrected chi connectivity index (χ3v) is 5.34. The van der Waals surface area contributed by atoms with E-state index in [1.165, 1.54) is 0 Å². The Morgan fingerprint density at radius 1 is 1.10 bits per heavy atom. The van der Waals surface area contributed by atoms with Gasteiger partial charge >= 0.3 is 17.9 Å². The predicted molar refractivity (Wildman–Crippen MR) is 106 cm³/mol. The van der Waals surface area contributed by atoms with Crippen LogP contribution in [0.1, 0.15) is 37.3 Å². The van der Waals surface area contributed by atoms with Gasteiger partial charge < -0.3 is 25.6 Å². The normalized spacial score (nSPS) is 16.3. The first kappa shape index (κ1) is 21.3. The molecule has 30 heavy (non-hydrogen) atoms. The number of piperidine rings is 1. The molecule has 10 heteroatoms. The number of fused-ring (bicyclic) bond motifs is 1. The number of likely N-dealkylation sites (tertiary alicyclic amines) is 1. The van der Waals surface area contributed by atoms with Crippen molar-refractivity contribution in [2.24, 2.45) is 5.92 Å². The van der Waals surface area contributed by atoms with Gasteiger partial charge in [0.2, 0.25) is 5.91 Å². The van der Waals surface area contributed by atoms with Crippen LogP contribution in [0.5, 0.6) is 0 Å².